The SMILES string of the molecule is COC(=O)C1CNC(c2ccc(F)cc2C(F)(F)F)=C1C. The van der Waals surface area contributed by atoms with Crippen molar-refractivity contribution >= 4 is 11.7 Å². The number of hydrogen-bond acceptors (Lipinski definition) is 3. The van der Waals surface area contributed by atoms with Crippen molar-refractivity contribution in [1.82, 2.24) is 5.32 Å². The zero-order chi connectivity index (χ0) is 15.8. The van der Waals surface area contributed by atoms with Gasteiger partial charge in [-0.05, 0) is 30.7 Å². The van der Waals surface area contributed by atoms with E-state index in [1.54, 1.807) is 6.92 Å². The number of benzene rings is 1. The molecular weight excluding hydrogens is 290 g/mol. The van der Waals surface area contributed by atoms with Crippen molar-refractivity contribution in [3.05, 3.63) is 40.7 Å². The van der Waals surface area contributed by atoms with Gasteiger partial charge in [0.2, 0.25) is 0 Å². The van der Waals surface area contributed by atoms with Crippen LogP contribution in [-0.4, -0.2) is 19.6 Å². The predicted octanol–water partition coefficient (Wildman–Crippen LogP) is 2.97. The van der Waals surface area contributed by atoms with E-state index in [2.05, 4.69) is 10.1 Å². The van der Waals surface area contributed by atoms with Gasteiger partial charge in [-0.25, -0.2) is 4.39 Å². The summed E-state index contributed by atoms with van der Waals surface area (Å²) in [5.74, 6) is -2.13. The number of carbonyl (C=O) groups is 1. The normalized spacial score (nSPS) is 18.7. The lowest BCUT2D eigenvalue weighted by molar-refractivity contribution is -0.143. The Morgan fingerprint density at radius 2 is 2.05 bits per heavy atom. The van der Waals surface area contributed by atoms with Crippen molar-refractivity contribution in [3.63, 3.8) is 0 Å². The van der Waals surface area contributed by atoms with E-state index in [0.29, 0.717) is 11.6 Å². The van der Waals surface area contributed by atoms with Crippen LogP contribution in [0, 0.1) is 11.7 Å². The largest absolute Gasteiger partial charge is 0.469 e. The van der Waals surface area contributed by atoms with E-state index in [0.717, 1.165) is 12.1 Å². The Kier molecular flexibility index (Phi) is 3.93. The summed E-state index contributed by atoms with van der Waals surface area (Å²) < 4.78 is 56.8. The lowest BCUT2D eigenvalue weighted by Gasteiger charge is -2.15. The molecule has 0 fully saturated rings. The van der Waals surface area contributed by atoms with Gasteiger partial charge >= 0.3 is 12.1 Å². The van der Waals surface area contributed by atoms with Crippen molar-refractivity contribution in [2.24, 2.45) is 5.92 Å². The Balaban J connectivity index is 2.53. The first kappa shape index (κ1) is 15.3. The van der Waals surface area contributed by atoms with E-state index < -0.39 is 29.4 Å². The van der Waals surface area contributed by atoms with E-state index in [1.807, 2.05) is 0 Å². The molecule has 0 radical (unpaired) electrons. The minimum atomic E-state index is -4.68. The highest BCUT2D eigenvalue weighted by atomic mass is 19.4. The van der Waals surface area contributed by atoms with Crippen LogP contribution in [0.1, 0.15) is 18.1 Å². The van der Waals surface area contributed by atoms with Crippen LogP contribution < -0.4 is 5.32 Å². The molecule has 2 rings (SSSR count). The molecule has 0 aromatic heterocycles. The number of esters is 1. The van der Waals surface area contributed by atoms with Gasteiger partial charge in [0, 0.05) is 17.8 Å². The van der Waals surface area contributed by atoms with Crippen LogP contribution >= 0.6 is 0 Å². The van der Waals surface area contributed by atoms with Gasteiger partial charge in [0.1, 0.15) is 5.82 Å². The van der Waals surface area contributed by atoms with Crippen LogP contribution in [-0.2, 0) is 15.7 Å². The summed E-state index contributed by atoms with van der Waals surface area (Å²) in [6.45, 7) is 1.71. The third kappa shape index (κ3) is 2.86. The summed E-state index contributed by atoms with van der Waals surface area (Å²) in [6.07, 6.45) is -4.68. The molecule has 0 bridgehead atoms. The van der Waals surface area contributed by atoms with E-state index >= 15 is 0 Å². The first-order chi connectivity index (χ1) is 9.75. The Morgan fingerprint density at radius 1 is 1.38 bits per heavy atom. The fraction of sp³-hybridized carbons (Fsp3) is 0.357. The third-order valence-electron chi connectivity index (χ3n) is 3.44. The molecule has 0 amide bonds. The average Bonchev–Trinajstić information content (AvgIpc) is 2.79. The number of ether oxygens (including phenoxy) is 1. The van der Waals surface area contributed by atoms with Crippen molar-refractivity contribution < 1.29 is 27.1 Å². The van der Waals surface area contributed by atoms with E-state index in [1.165, 1.54) is 7.11 Å². The number of methoxy groups -OCH3 is 1. The summed E-state index contributed by atoms with van der Waals surface area (Å²) in [5, 5.41) is 2.78. The predicted molar refractivity (Wildman–Crippen MR) is 67.5 cm³/mol. The van der Waals surface area contributed by atoms with Gasteiger partial charge < -0.3 is 10.1 Å². The minimum absolute atomic E-state index is 0.155. The second-order valence-electron chi connectivity index (χ2n) is 4.70. The molecule has 1 atom stereocenters. The summed E-state index contributed by atoms with van der Waals surface area (Å²) >= 11 is 0. The molecule has 7 heteroatoms. The molecule has 1 aromatic rings. The number of halogens is 4. The number of alkyl halides is 3. The first-order valence-electron chi connectivity index (χ1n) is 6.15. The molecule has 114 valence electrons. The Labute approximate surface area is 118 Å². The van der Waals surface area contributed by atoms with Crippen LogP contribution in [0.25, 0.3) is 5.70 Å². The molecule has 1 aromatic carbocycles. The van der Waals surface area contributed by atoms with Gasteiger partial charge in [0.15, 0.2) is 0 Å². The molecule has 0 saturated carbocycles. The zero-order valence-corrected chi connectivity index (χ0v) is 11.3. The highest BCUT2D eigenvalue weighted by molar-refractivity contribution is 5.84. The van der Waals surface area contributed by atoms with Crippen molar-refractivity contribution in [2.45, 2.75) is 13.1 Å². The fourth-order valence-electron chi connectivity index (χ4n) is 2.35. The highest BCUT2D eigenvalue weighted by Crippen LogP contribution is 2.38. The van der Waals surface area contributed by atoms with Gasteiger partial charge in [0.05, 0.1) is 18.6 Å². The number of carbonyl (C=O) groups excluding carboxylic acids is 1. The Morgan fingerprint density at radius 3 is 2.62 bits per heavy atom. The lowest BCUT2D eigenvalue weighted by atomic mass is 9.97. The molecule has 1 aliphatic heterocycles. The molecule has 3 nitrogen and oxygen atoms in total. The molecule has 1 aliphatic rings. The lowest BCUT2D eigenvalue weighted by Crippen LogP contribution is -2.21. The van der Waals surface area contributed by atoms with Crippen LogP contribution in [0.3, 0.4) is 0 Å². The number of nitrogens with one attached hydrogen (secondary N) is 1. The van der Waals surface area contributed by atoms with E-state index in [9.17, 15) is 22.4 Å². The van der Waals surface area contributed by atoms with E-state index in [-0.39, 0.29) is 17.8 Å². The molecular formula is C14H13F4NO2. The average molecular weight is 303 g/mol. The highest BCUT2D eigenvalue weighted by Gasteiger charge is 2.37. The topological polar surface area (TPSA) is 38.3 Å². The molecule has 0 spiro atoms. The number of rotatable bonds is 2. The summed E-state index contributed by atoms with van der Waals surface area (Å²) in [5.41, 5.74) is -0.612. The summed E-state index contributed by atoms with van der Waals surface area (Å²) in [4.78, 5) is 11.6. The Hall–Kier alpha value is -2.05. The maximum atomic E-state index is 13.1. The zero-order valence-electron chi connectivity index (χ0n) is 11.3. The minimum Gasteiger partial charge on any atom is -0.469 e. The molecule has 1 N–H and O–H groups in total. The number of hydrogen-bond donors (Lipinski definition) is 1. The fourth-order valence-corrected chi connectivity index (χ4v) is 2.35. The maximum Gasteiger partial charge on any atom is 0.417 e. The molecule has 1 unspecified atom stereocenters. The van der Waals surface area contributed by atoms with Crippen molar-refractivity contribution in [1.29, 1.82) is 0 Å². The standard InChI is InChI=1S/C14H13F4NO2/c1-7-10(13(20)21-2)6-19-12(7)9-4-3-8(15)5-11(9)14(16,17)18/h3-5,10,19H,6H2,1-2H3. The van der Waals surface area contributed by atoms with E-state index in [4.69, 9.17) is 0 Å². The van der Waals surface area contributed by atoms with Crippen LogP contribution in [0.4, 0.5) is 17.6 Å². The van der Waals surface area contributed by atoms with Crippen LogP contribution in [0.15, 0.2) is 23.8 Å². The van der Waals surface area contributed by atoms with Crippen molar-refractivity contribution in [3.8, 4) is 0 Å². The smallest absolute Gasteiger partial charge is 0.417 e. The molecule has 0 aliphatic carbocycles. The maximum absolute atomic E-state index is 13.1. The molecule has 1 heterocycles. The first-order valence-corrected chi connectivity index (χ1v) is 6.15. The molecule has 21 heavy (non-hydrogen) atoms. The second kappa shape index (κ2) is 5.38. The van der Waals surface area contributed by atoms with Crippen LogP contribution in [0.5, 0.6) is 0 Å². The summed E-state index contributed by atoms with van der Waals surface area (Å²) in [6, 6.07) is 2.46. The van der Waals surface area contributed by atoms with Crippen molar-refractivity contribution in [2.75, 3.05) is 13.7 Å². The summed E-state index contributed by atoms with van der Waals surface area (Å²) in [7, 11) is 1.21. The van der Waals surface area contributed by atoms with Gasteiger partial charge in [-0.1, -0.05) is 0 Å². The third-order valence-corrected chi connectivity index (χ3v) is 3.44. The van der Waals surface area contributed by atoms with Crippen LogP contribution in [0.2, 0.25) is 0 Å². The Bertz CT molecular complexity index is 607. The van der Waals surface area contributed by atoms with Gasteiger partial charge in [-0.15, -0.1) is 0 Å². The van der Waals surface area contributed by atoms with Gasteiger partial charge in [-0.3, -0.25) is 4.79 Å². The van der Waals surface area contributed by atoms with Gasteiger partial charge in [0.25, 0.3) is 0 Å². The second-order valence-corrected chi connectivity index (χ2v) is 4.70. The molecule has 0 saturated heterocycles. The monoisotopic (exact) mass is 303 g/mol. The van der Waals surface area contributed by atoms with Gasteiger partial charge in [-0.2, -0.15) is 13.2 Å². The quantitative estimate of drug-likeness (QED) is 0.674.